The summed E-state index contributed by atoms with van der Waals surface area (Å²) in [7, 11) is 1.69. The maximum atomic E-state index is 7.68. The van der Waals surface area contributed by atoms with Gasteiger partial charge in [0.05, 0.1) is 7.11 Å². The van der Waals surface area contributed by atoms with E-state index in [1.165, 1.54) is 10.9 Å². The lowest BCUT2D eigenvalue weighted by Crippen LogP contribution is -2.35. The minimum Gasteiger partial charge on any atom is -0.496 e. The van der Waals surface area contributed by atoms with E-state index in [1.807, 2.05) is 29.2 Å². The highest BCUT2D eigenvalue weighted by Crippen LogP contribution is 2.42. The maximum absolute atomic E-state index is 7.68. The van der Waals surface area contributed by atoms with Gasteiger partial charge in [-0.25, -0.2) is 0 Å². The van der Waals surface area contributed by atoms with Gasteiger partial charge in [-0.05, 0) is 29.1 Å². The Bertz CT molecular complexity index is 666. The molecular formula is C15H17N3O. The minimum absolute atomic E-state index is 0.104. The summed E-state index contributed by atoms with van der Waals surface area (Å²) in [4.78, 5) is 1.86. The van der Waals surface area contributed by atoms with Crippen LogP contribution in [0.2, 0.25) is 0 Å². The second-order valence-electron chi connectivity index (χ2n) is 4.95. The Morgan fingerprint density at radius 1 is 1.32 bits per heavy atom. The predicted octanol–water partition coefficient (Wildman–Crippen LogP) is 2.67. The summed E-state index contributed by atoms with van der Waals surface area (Å²) in [5.74, 6) is 1.34. The third-order valence-corrected chi connectivity index (χ3v) is 3.79. The van der Waals surface area contributed by atoms with Gasteiger partial charge >= 0.3 is 0 Å². The summed E-state index contributed by atoms with van der Waals surface area (Å²) < 4.78 is 5.42. The van der Waals surface area contributed by atoms with E-state index in [0.29, 0.717) is 5.92 Å². The van der Waals surface area contributed by atoms with Crippen molar-refractivity contribution in [3.63, 3.8) is 0 Å². The largest absolute Gasteiger partial charge is 0.496 e. The van der Waals surface area contributed by atoms with Crippen LogP contribution in [0.15, 0.2) is 30.3 Å². The fourth-order valence-electron chi connectivity index (χ4n) is 2.96. The molecule has 1 aliphatic rings. The standard InChI is InChI=1S/C15H17N3O/c1-9-8-18(15(16)17)12-7-6-10-11(14(9)12)4-3-5-13(10)19-2/h3-7,9H,8H2,1-2H3,(H3,16,17). The van der Waals surface area contributed by atoms with Crippen molar-refractivity contribution in [1.29, 1.82) is 5.41 Å². The van der Waals surface area contributed by atoms with Crippen LogP contribution in [-0.4, -0.2) is 19.6 Å². The van der Waals surface area contributed by atoms with Crippen molar-refractivity contribution < 1.29 is 4.74 Å². The molecule has 0 spiro atoms. The van der Waals surface area contributed by atoms with Crippen LogP contribution < -0.4 is 15.4 Å². The number of fused-ring (bicyclic) bond motifs is 3. The molecule has 1 unspecified atom stereocenters. The summed E-state index contributed by atoms with van der Waals surface area (Å²) in [6, 6.07) is 10.2. The first-order valence-corrected chi connectivity index (χ1v) is 6.34. The molecular weight excluding hydrogens is 238 g/mol. The zero-order valence-corrected chi connectivity index (χ0v) is 11.1. The van der Waals surface area contributed by atoms with Gasteiger partial charge in [0.15, 0.2) is 5.96 Å². The van der Waals surface area contributed by atoms with Crippen LogP contribution in [0.25, 0.3) is 10.8 Å². The van der Waals surface area contributed by atoms with Crippen LogP contribution in [-0.2, 0) is 0 Å². The molecule has 1 aliphatic heterocycles. The van der Waals surface area contributed by atoms with Crippen LogP contribution in [0.4, 0.5) is 5.69 Å². The molecule has 98 valence electrons. The summed E-state index contributed by atoms with van der Waals surface area (Å²) >= 11 is 0. The second kappa shape index (κ2) is 4.16. The Morgan fingerprint density at radius 2 is 2.11 bits per heavy atom. The molecule has 0 aromatic heterocycles. The highest BCUT2D eigenvalue weighted by Gasteiger charge is 2.29. The molecule has 0 fully saturated rings. The Kier molecular flexibility index (Phi) is 2.59. The zero-order chi connectivity index (χ0) is 13.6. The number of rotatable bonds is 1. The Morgan fingerprint density at radius 3 is 2.79 bits per heavy atom. The Balaban J connectivity index is 2.30. The molecule has 2 aromatic rings. The third-order valence-electron chi connectivity index (χ3n) is 3.79. The number of methoxy groups -OCH3 is 1. The molecule has 3 N–H and O–H groups in total. The van der Waals surface area contributed by atoms with E-state index in [2.05, 4.69) is 13.0 Å². The van der Waals surface area contributed by atoms with Crippen molar-refractivity contribution in [2.75, 3.05) is 18.6 Å². The molecule has 4 nitrogen and oxygen atoms in total. The smallest absolute Gasteiger partial charge is 0.192 e. The average Bonchev–Trinajstić information content (AvgIpc) is 2.76. The quantitative estimate of drug-likeness (QED) is 0.608. The monoisotopic (exact) mass is 255 g/mol. The van der Waals surface area contributed by atoms with E-state index in [4.69, 9.17) is 15.9 Å². The highest BCUT2D eigenvalue weighted by atomic mass is 16.5. The van der Waals surface area contributed by atoms with Crippen LogP contribution in [0.3, 0.4) is 0 Å². The van der Waals surface area contributed by atoms with Crippen molar-refractivity contribution >= 4 is 22.4 Å². The predicted molar refractivity (Wildman–Crippen MR) is 78.2 cm³/mol. The zero-order valence-electron chi connectivity index (χ0n) is 11.1. The van der Waals surface area contributed by atoms with Gasteiger partial charge in [-0.15, -0.1) is 0 Å². The number of hydrogen-bond donors (Lipinski definition) is 2. The van der Waals surface area contributed by atoms with Gasteiger partial charge in [-0.2, -0.15) is 0 Å². The van der Waals surface area contributed by atoms with Gasteiger partial charge in [0, 0.05) is 23.5 Å². The Labute approximate surface area is 112 Å². The minimum atomic E-state index is 0.104. The van der Waals surface area contributed by atoms with Gasteiger partial charge in [0.25, 0.3) is 0 Å². The van der Waals surface area contributed by atoms with E-state index < -0.39 is 0 Å². The lowest BCUT2D eigenvalue weighted by atomic mass is 9.96. The number of guanidine groups is 1. The molecule has 0 amide bonds. The first kappa shape index (κ1) is 11.8. The Hall–Kier alpha value is -2.23. The molecule has 3 rings (SSSR count). The third kappa shape index (κ3) is 1.63. The van der Waals surface area contributed by atoms with E-state index >= 15 is 0 Å². The van der Waals surface area contributed by atoms with E-state index in [0.717, 1.165) is 23.4 Å². The fourth-order valence-corrected chi connectivity index (χ4v) is 2.96. The molecule has 0 bridgehead atoms. The van der Waals surface area contributed by atoms with Crippen molar-refractivity contribution in [2.45, 2.75) is 12.8 Å². The summed E-state index contributed by atoms with van der Waals surface area (Å²) in [6.07, 6.45) is 0. The lowest BCUT2D eigenvalue weighted by Gasteiger charge is -2.17. The van der Waals surface area contributed by atoms with Gasteiger partial charge in [0.1, 0.15) is 5.75 Å². The van der Waals surface area contributed by atoms with E-state index in [9.17, 15) is 0 Å². The number of nitrogens with two attached hydrogens (primary N) is 1. The molecule has 0 saturated carbocycles. The first-order chi connectivity index (χ1) is 9.13. The highest BCUT2D eigenvalue weighted by molar-refractivity contribution is 6.02. The van der Waals surface area contributed by atoms with E-state index in [1.54, 1.807) is 7.11 Å². The van der Waals surface area contributed by atoms with Crippen LogP contribution in [0, 0.1) is 5.41 Å². The average molecular weight is 255 g/mol. The summed E-state index contributed by atoms with van der Waals surface area (Å²) in [5.41, 5.74) is 7.96. The first-order valence-electron chi connectivity index (χ1n) is 6.34. The van der Waals surface area contributed by atoms with Gasteiger partial charge in [-0.1, -0.05) is 19.1 Å². The van der Waals surface area contributed by atoms with Crippen molar-refractivity contribution in [3.05, 3.63) is 35.9 Å². The van der Waals surface area contributed by atoms with Crippen molar-refractivity contribution in [1.82, 2.24) is 0 Å². The van der Waals surface area contributed by atoms with E-state index in [-0.39, 0.29) is 5.96 Å². The van der Waals surface area contributed by atoms with Crippen molar-refractivity contribution in [2.24, 2.45) is 5.73 Å². The number of ether oxygens (including phenoxy) is 1. The topological polar surface area (TPSA) is 62.3 Å². The second-order valence-corrected chi connectivity index (χ2v) is 4.95. The van der Waals surface area contributed by atoms with Crippen LogP contribution >= 0.6 is 0 Å². The molecule has 4 heteroatoms. The molecule has 2 aromatic carbocycles. The van der Waals surface area contributed by atoms with Gasteiger partial charge in [0.2, 0.25) is 0 Å². The molecule has 19 heavy (non-hydrogen) atoms. The SMILES string of the molecule is COc1cccc2c3c(ccc12)N(C(=N)N)CC3C. The fraction of sp³-hybridized carbons (Fsp3) is 0.267. The number of anilines is 1. The van der Waals surface area contributed by atoms with Crippen molar-refractivity contribution in [3.8, 4) is 5.75 Å². The number of hydrogen-bond acceptors (Lipinski definition) is 2. The molecule has 1 atom stereocenters. The normalized spacial score (nSPS) is 17.6. The maximum Gasteiger partial charge on any atom is 0.192 e. The molecule has 0 radical (unpaired) electrons. The van der Waals surface area contributed by atoms with Gasteiger partial charge in [-0.3, -0.25) is 5.41 Å². The van der Waals surface area contributed by atoms with Gasteiger partial charge < -0.3 is 15.4 Å². The molecule has 0 saturated heterocycles. The number of benzene rings is 2. The molecule has 0 aliphatic carbocycles. The van der Waals surface area contributed by atoms with Crippen LogP contribution in [0.5, 0.6) is 5.75 Å². The summed E-state index contributed by atoms with van der Waals surface area (Å²) in [5, 5.41) is 9.98. The summed E-state index contributed by atoms with van der Waals surface area (Å²) in [6.45, 7) is 2.93. The number of nitrogens with zero attached hydrogens (tertiary/aromatic N) is 1. The molecule has 1 heterocycles. The lowest BCUT2D eigenvalue weighted by molar-refractivity contribution is 0.420. The van der Waals surface area contributed by atoms with Crippen LogP contribution in [0.1, 0.15) is 18.4 Å². The number of nitrogens with one attached hydrogen (secondary N) is 1.